The van der Waals surface area contributed by atoms with Gasteiger partial charge in [-0.3, -0.25) is 4.79 Å². The van der Waals surface area contributed by atoms with Gasteiger partial charge in [-0.05, 0) is 23.5 Å². The molecule has 2 nitrogen and oxygen atoms in total. The molecule has 0 radical (unpaired) electrons. The number of benzene rings is 1. The first-order valence-electron chi connectivity index (χ1n) is 5.80. The minimum Gasteiger partial charge on any atom is -0.469 e. The van der Waals surface area contributed by atoms with Crippen molar-refractivity contribution in [2.45, 2.75) is 33.1 Å². The van der Waals surface area contributed by atoms with Crippen molar-refractivity contribution in [3.05, 3.63) is 35.4 Å². The van der Waals surface area contributed by atoms with Crippen LogP contribution in [0.2, 0.25) is 0 Å². The Balaban J connectivity index is 2.57. The summed E-state index contributed by atoms with van der Waals surface area (Å²) < 4.78 is 4.63. The molecule has 2 heteroatoms. The molecule has 0 bridgehead atoms. The summed E-state index contributed by atoms with van der Waals surface area (Å²) in [7, 11) is 1.42. The molecule has 0 N–H and O–H groups in total. The molecule has 1 atom stereocenters. The van der Waals surface area contributed by atoms with Crippen LogP contribution in [0.4, 0.5) is 0 Å². The van der Waals surface area contributed by atoms with Gasteiger partial charge in [0.2, 0.25) is 0 Å². The molecule has 0 aliphatic carbocycles. The fourth-order valence-corrected chi connectivity index (χ4v) is 1.58. The topological polar surface area (TPSA) is 26.3 Å². The van der Waals surface area contributed by atoms with Crippen LogP contribution in [0.5, 0.6) is 0 Å². The van der Waals surface area contributed by atoms with Crippen LogP contribution < -0.4 is 0 Å². The monoisotopic (exact) mass is 220 g/mol. The van der Waals surface area contributed by atoms with Gasteiger partial charge in [0.1, 0.15) is 0 Å². The van der Waals surface area contributed by atoms with Gasteiger partial charge in [-0.2, -0.15) is 0 Å². The fraction of sp³-hybridized carbons (Fsp3) is 0.500. The maximum Gasteiger partial charge on any atom is 0.309 e. The van der Waals surface area contributed by atoms with E-state index in [1.807, 2.05) is 12.1 Å². The van der Waals surface area contributed by atoms with E-state index in [0.717, 1.165) is 12.0 Å². The Morgan fingerprint density at radius 2 is 1.81 bits per heavy atom. The van der Waals surface area contributed by atoms with Gasteiger partial charge < -0.3 is 4.74 Å². The molecule has 88 valence electrons. The SMILES string of the molecule is CCC(C)Cc1ccc(CC(=O)OC)cc1. The Kier molecular flexibility index (Phi) is 5.03. The van der Waals surface area contributed by atoms with Crippen molar-refractivity contribution in [3.63, 3.8) is 0 Å². The van der Waals surface area contributed by atoms with Crippen molar-refractivity contribution in [1.82, 2.24) is 0 Å². The lowest BCUT2D eigenvalue weighted by molar-refractivity contribution is -0.139. The van der Waals surface area contributed by atoms with E-state index in [1.165, 1.54) is 19.1 Å². The van der Waals surface area contributed by atoms with Crippen LogP contribution in [0.15, 0.2) is 24.3 Å². The highest BCUT2D eigenvalue weighted by molar-refractivity contribution is 5.72. The molecule has 0 aliphatic heterocycles. The third kappa shape index (κ3) is 4.05. The van der Waals surface area contributed by atoms with E-state index in [2.05, 4.69) is 30.7 Å². The molecule has 0 saturated heterocycles. The maximum absolute atomic E-state index is 11.1. The Morgan fingerprint density at radius 3 is 2.31 bits per heavy atom. The maximum atomic E-state index is 11.1. The second kappa shape index (κ2) is 6.31. The Bertz CT molecular complexity index is 327. The van der Waals surface area contributed by atoms with Gasteiger partial charge in [0.05, 0.1) is 13.5 Å². The molecule has 16 heavy (non-hydrogen) atoms. The average Bonchev–Trinajstić information content (AvgIpc) is 2.31. The summed E-state index contributed by atoms with van der Waals surface area (Å²) in [5.74, 6) is 0.529. The fourth-order valence-electron chi connectivity index (χ4n) is 1.58. The number of hydrogen-bond donors (Lipinski definition) is 0. The van der Waals surface area contributed by atoms with Gasteiger partial charge in [0, 0.05) is 0 Å². The molecule has 0 saturated carbocycles. The standard InChI is InChI=1S/C14H20O2/c1-4-11(2)9-12-5-7-13(8-6-12)10-14(15)16-3/h5-8,11H,4,9-10H2,1-3H3. The summed E-state index contributed by atoms with van der Waals surface area (Å²) in [6.45, 7) is 4.46. The van der Waals surface area contributed by atoms with Crippen molar-refractivity contribution in [1.29, 1.82) is 0 Å². The first-order valence-corrected chi connectivity index (χ1v) is 5.80. The molecule has 0 fully saturated rings. The third-order valence-electron chi connectivity index (χ3n) is 2.88. The number of carbonyl (C=O) groups excluding carboxylic acids is 1. The largest absolute Gasteiger partial charge is 0.469 e. The van der Waals surface area contributed by atoms with Gasteiger partial charge in [-0.15, -0.1) is 0 Å². The highest BCUT2D eigenvalue weighted by atomic mass is 16.5. The van der Waals surface area contributed by atoms with E-state index in [-0.39, 0.29) is 5.97 Å². The summed E-state index contributed by atoms with van der Waals surface area (Å²) in [4.78, 5) is 11.1. The molecule has 1 aromatic carbocycles. The number of carbonyl (C=O) groups is 1. The number of ether oxygens (including phenoxy) is 1. The predicted octanol–water partition coefficient (Wildman–Crippen LogP) is 2.99. The van der Waals surface area contributed by atoms with E-state index >= 15 is 0 Å². The van der Waals surface area contributed by atoms with Crippen LogP contribution in [0.3, 0.4) is 0 Å². The van der Waals surface area contributed by atoms with Crippen molar-refractivity contribution in [2.75, 3.05) is 7.11 Å². The zero-order chi connectivity index (χ0) is 12.0. The van der Waals surface area contributed by atoms with Crippen molar-refractivity contribution in [2.24, 2.45) is 5.92 Å². The summed E-state index contributed by atoms with van der Waals surface area (Å²) in [5.41, 5.74) is 2.35. The molecule has 0 amide bonds. The van der Waals surface area contributed by atoms with Crippen LogP contribution in [0.25, 0.3) is 0 Å². The highest BCUT2D eigenvalue weighted by Crippen LogP contribution is 2.12. The average molecular weight is 220 g/mol. The minimum atomic E-state index is -0.185. The molecule has 0 spiro atoms. The molecule has 1 aromatic rings. The summed E-state index contributed by atoms with van der Waals surface area (Å²) in [6.07, 6.45) is 2.67. The Labute approximate surface area is 97.6 Å². The summed E-state index contributed by atoms with van der Waals surface area (Å²) in [6, 6.07) is 8.22. The van der Waals surface area contributed by atoms with Gasteiger partial charge in [0.15, 0.2) is 0 Å². The normalized spacial score (nSPS) is 12.2. The summed E-state index contributed by atoms with van der Waals surface area (Å²) in [5, 5.41) is 0. The van der Waals surface area contributed by atoms with Crippen LogP contribution >= 0.6 is 0 Å². The van der Waals surface area contributed by atoms with Crippen molar-refractivity contribution >= 4 is 5.97 Å². The lowest BCUT2D eigenvalue weighted by atomic mass is 9.98. The second-order valence-corrected chi connectivity index (χ2v) is 4.29. The van der Waals surface area contributed by atoms with Gasteiger partial charge in [-0.25, -0.2) is 0 Å². The van der Waals surface area contributed by atoms with E-state index in [1.54, 1.807) is 0 Å². The van der Waals surface area contributed by atoms with E-state index < -0.39 is 0 Å². The molecule has 1 rings (SSSR count). The zero-order valence-corrected chi connectivity index (χ0v) is 10.3. The smallest absolute Gasteiger partial charge is 0.309 e. The lowest BCUT2D eigenvalue weighted by Crippen LogP contribution is -2.04. The summed E-state index contributed by atoms with van der Waals surface area (Å²) >= 11 is 0. The number of hydrogen-bond acceptors (Lipinski definition) is 2. The predicted molar refractivity (Wildman–Crippen MR) is 65.3 cm³/mol. The van der Waals surface area contributed by atoms with Crippen LogP contribution in [-0.2, 0) is 22.4 Å². The molecule has 0 heterocycles. The molecule has 0 aromatic heterocycles. The van der Waals surface area contributed by atoms with Gasteiger partial charge in [0.25, 0.3) is 0 Å². The molecular weight excluding hydrogens is 200 g/mol. The number of methoxy groups -OCH3 is 1. The molecule has 0 aliphatic rings. The van der Waals surface area contributed by atoms with E-state index in [0.29, 0.717) is 12.3 Å². The van der Waals surface area contributed by atoms with Crippen LogP contribution in [-0.4, -0.2) is 13.1 Å². The Hall–Kier alpha value is -1.31. The molecular formula is C14H20O2. The van der Waals surface area contributed by atoms with Gasteiger partial charge >= 0.3 is 5.97 Å². The Morgan fingerprint density at radius 1 is 1.25 bits per heavy atom. The van der Waals surface area contributed by atoms with Crippen molar-refractivity contribution < 1.29 is 9.53 Å². The second-order valence-electron chi connectivity index (χ2n) is 4.29. The van der Waals surface area contributed by atoms with Crippen molar-refractivity contribution in [3.8, 4) is 0 Å². The molecule has 1 unspecified atom stereocenters. The third-order valence-corrected chi connectivity index (χ3v) is 2.88. The van der Waals surface area contributed by atoms with Gasteiger partial charge in [-0.1, -0.05) is 44.5 Å². The van der Waals surface area contributed by atoms with Crippen LogP contribution in [0, 0.1) is 5.92 Å². The van der Waals surface area contributed by atoms with E-state index in [9.17, 15) is 4.79 Å². The van der Waals surface area contributed by atoms with Crippen LogP contribution in [0.1, 0.15) is 31.4 Å². The quantitative estimate of drug-likeness (QED) is 0.713. The number of esters is 1. The first-order chi connectivity index (χ1) is 7.65. The zero-order valence-electron chi connectivity index (χ0n) is 10.3. The minimum absolute atomic E-state index is 0.185. The number of rotatable bonds is 5. The lowest BCUT2D eigenvalue weighted by Gasteiger charge is -2.08. The first kappa shape index (κ1) is 12.8. The van der Waals surface area contributed by atoms with E-state index in [4.69, 9.17) is 0 Å². The highest BCUT2D eigenvalue weighted by Gasteiger charge is 2.04.